The number of halogens is 2. The van der Waals surface area contributed by atoms with Crippen LogP contribution >= 0.6 is 43.2 Å². The molecule has 0 amide bonds. The number of thiophene rings is 1. The van der Waals surface area contributed by atoms with Gasteiger partial charge in [0.15, 0.2) is 0 Å². The van der Waals surface area contributed by atoms with Crippen molar-refractivity contribution in [1.29, 1.82) is 0 Å². The molecule has 1 unspecified atom stereocenters. The Kier molecular flexibility index (Phi) is 3.49. The van der Waals surface area contributed by atoms with E-state index in [1.807, 2.05) is 6.07 Å². The third kappa shape index (κ3) is 2.81. The number of carboxylic acids is 1. The molecule has 2 N–H and O–H groups in total. The lowest BCUT2D eigenvalue weighted by Gasteiger charge is -2.11. The highest BCUT2D eigenvalue weighted by Crippen LogP contribution is 2.36. The molecule has 0 aromatic carbocycles. The molecule has 0 aliphatic heterocycles. The minimum Gasteiger partial charge on any atom is -0.480 e. The Morgan fingerprint density at radius 2 is 2.27 bits per heavy atom. The van der Waals surface area contributed by atoms with Gasteiger partial charge in [-0.2, -0.15) is 0 Å². The minimum atomic E-state index is -0.817. The molecule has 0 spiro atoms. The number of rotatable bonds is 4. The Balaban J connectivity index is 2.18. The van der Waals surface area contributed by atoms with Crippen molar-refractivity contribution in [1.82, 2.24) is 5.32 Å². The van der Waals surface area contributed by atoms with Crippen molar-refractivity contribution >= 4 is 49.2 Å². The van der Waals surface area contributed by atoms with Crippen LogP contribution in [0.25, 0.3) is 0 Å². The summed E-state index contributed by atoms with van der Waals surface area (Å²) < 4.78 is 1.84. The van der Waals surface area contributed by atoms with Gasteiger partial charge in [-0.25, -0.2) is 0 Å². The number of aliphatic carboxylic acids is 1. The lowest BCUT2D eigenvalue weighted by Crippen LogP contribution is -2.29. The summed E-state index contributed by atoms with van der Waals surface area (Å²) in [5, 5.41) is 12.2. The summed E-state index contributed by atoms with van der Waals surface area (Å²) in [5.41, 5.74) is 0. The zero-order valence-corrected chi connectivity index (χ0v) is 11.7. The van der Waals surface area contributed by atoms with Gasteiger partial charge < -0.3 is 5.11 Å². The predicted octanol–water partition coefficient (Wildman–Crippen LogP) is 3.15. The van der Waals surface area contributed by atoms with E-state index in [1.54, 1.807) is 0 Å². The number of nitrogens with one attached hydrogen (secondary N) is 1. The molecule has 15 heavy (non-hydrogen) atoms. The highest BCUT2D eigenvalue weighted by atomic mass is 79.9. The summed E-state index contributed by atoms with van der Waals surface area (Å²) in [7, 11) is 0. The number of hydrogen-bond acceptors (Lipinski definition) is 3. The maximum atomic E-state index is 11.1. The van der Waals surface area contributed by atoms with Crippen LogP contribution in [0.4, 0.5) is 0 Å². The van der Waals surface area contributed by atoms with Crippen molar-refractivity contribution in [3.05, 3.63) is 19.2 Å². The van der Waals surface area contributed by atoms with E-state index in [9.17, 15) is 4.79 Å². The summed E-state index contributed by atoms with van der Waals surface area (Å²) in [6.45, 7) is 0. The maximum absolute atomic E-state index is 11.1. The second kappa shape index (κ2) is 4.53. The first-order valence-corrected chi connectivity index (χ1v) is 6.91. The lowest BCUT2D eigenvalue weighted by atomic mass is 10.2. The van der Waals surface area contributed by atoms with Crippen LogP contribution in [0.5, 0.6) is 0 Å². The van der Waals surface area contributed by atoms with E-state index in [2.05, 4.69) is 37.2 Å². The van der Waals surface area contributed by atoms with Crippen molar-refractivity contribution in [3.63, 3.8) is 0 Å². The monoisotopic (exact) mass is 353 g/mol. The fourth-order valence-corrected chi connectivity index (χ4v) is 3.41. The Morgan fingerprint density at radius 1 is 1.60 bits per heavy atom. The molecule has 3 nitrogen and oxygen atoms in total. The molecular weight excluding hydrogens is 346 g/mol. The Labute approximate surface area is 108 Å². The quantitative estimate of drug-likeness (QED) is 0.873. The topological polar surface area (TPSA) is 49.3 Å². The largest absolute Gasteiger partial charge is 0.480 e. The van der Waals surface area contributed by atoms with E-state index < -0.39 is 12.0 Å². The molecule has 1 fully saturated rings. The fourth-order valence-electron chi connectivity index (χ4n) is 1.27. The highest BCUT2D eigenvalue weighted by molar-refractivity contribution is 9.13. The van der Waals surface area contributed by atoms with Crippen LogP contribution in [0.2, 0.25) is 0 Å². The van der Waals surface area contributed by atoms with E-state index in [0.29, 0.717) is 6.04 Å². The minimum absolute atomic E-state index is 0.380. The zero-order chi connectivity index (χ0) is 11.0. The third-order valence-electron chi connectivity index (χ3n) is 2.18. The van der Waals surface area contributed by atoms with Gasteiger partial charge in [0.1, 0.15) is 6.04 Å². The highest BCUT2D eigenvalue weighted by Gasteiger charge is 2.30. The second-order valence-electron chi connectivity index (χ2n) is 3.48. The zero-order valence-electron chi connectivity index (χ0n) is 7.67. The van der Waals surface area contributed by atoms with E-state index in [-0.39, 0.29) is 0 Å². The number of carbonyl (C=O) groups is 1. The number of carboxylic acid groups (broad SMARTS) is 1. The molecule has 6 heteroatoms. The molecule has 82 valence electrons. The molecule has 0 bridgehead atoms. The molecule has 1 aliphatic carbocycles. The first-order valence-electron chi connectivity index (χ1n) is 4.51. The predicted molar refractivity (Wildman–Crippen MR) is 66.3 cm³/mol. The smallest absolute Gasteiger partial charge is 0.326 e. The first-order chi connectivity index (χ1) is 7.08. The van der Waals surface area contributed by atoms with Gasteiger partial charge in [-0.15, -0.1) is 11.3 Å². The lowest BCUT2D eigenvalue weighted by molar-refractivity contribution is -0.139. The molecule has 2 rings (SSSR count). The summed E-state index contributed by atoms with van der Waals surface area (Å²) in [6.07, 6.45) is 2.16. The summed E-state index contributed by atoms with van der Waals surface area (Å²) in [6, 6.07) is 1.65. The van der Waals surface area contributed by atoms with Gasteiger partial charge in [0, 0.05) is 15.4 Å². The molecule has 0 saturated heterocycles. The van der Waals surface area contributed by atoms with Gasteiger partial charge in [0.25, 0.3) is 0 Å². The van der Waals surface area contributed by atoms with Crippen LogP contribution in [0.15, 0.2) is 14.3 Å². The first kappa shape index (κ1) is 11.6. The van der Waals surface area contributed by atoms with Gasteiger partial charge in [0.2, 0.25) is 0 Å². The second-order valence-corrected chi connectivity index (χ2v) is 6.74. The molecular formula is C9H9Br2NO2S. The van der Waals surface area contributed by atoms with Crippen molar-refractivity contribution in [3.8, 4) is 0 Å². The molecule has 1 saturated carbocycles. The van der Waals surface area contributed by atoms with Gasteiger partial charge in [0.05, 0.1) is 3.79 Å². The van der Waals surface area contributed by atoms with Crippen LogP contribution in [-0.2, 0) is 4.79 Å². The molecule has 0 radical (unpaired) electrons. The van der Waals surface area contributed by atoms with Crippen LogP contribution in [-0.4, -0.2) is 17.1 Å². The van der Waals surface area contributed by atoms with Crippen LogP contribution in [0, 0.1) is 0 Å². The maximum Gasteiger partial charge on any atom is 0.326 e. The van der Waals surface area contributed by atoms with Gasteiger partial charge >= 0.3 is 5.97 Å². The van der Waals surface area contributed by atoms with E-state index in [4.69, 9.17) is 5.11 Å². The SMILES string of the molecule is O=C(O)C(NC1CC1)c1cc(Br)c(Br)s1. The van der Waals surface area contributed by atoms with Gasteiger partial charge in [-0.05, 0) is 50.8 Å². The molecule has 1 atom stereocenters. The fraction of sp³-hybridized carbons (Fsp3) is 0.444. The Bertz CT molecular complexity index is 370. The molecule has 1 heterocycles. The normalized spacial score (nSPS) is 17.7. The molecule has 1 aromatic rings. The van der Waals surface area contributed by atoms with E-state index in [0.717, 1.165) is 26.0 Å². The Morgan fingerprint density at radius 3 is 2.67 bits per heavy atom. The molecule has 1 aliphatic rings. The Hall–Kier alpha value is 0.0900. The van der Waals surface area contributed by atoms with E-state index in [1.165, 1.54) is 11.3 Å². The van der Waals surface area contributed by atoms with Crippen LogP contribution in [0.1, 0.15) is 23.8 Å². The average Bonchev–Trinajstić information content (AvgIpc) is 2.91. The third-order valence-corrected chi connectivity index (χ3v) is 5.50. The average molecular weight is 355 g/mol. The summed E-state index contributed by atoms with van der Waals surface area (Å²) in [5.74, 6) is -0.817. The summed E-state index contributed by atoms with van der Waals surface area (Å²) in [4.78, 5) is 11.9. The summed E-state index contributed by atoms with van der Waals surface area (Å²) >= 11 is 8.17. The van der Waals surface area contributed by atoms with Crippen LogP contribution in [0.3, 0.4) is 0 Å². The van der Waals surface area contributed by atoms with Crippen molar-refractivity contribution in [2.75, 3.05) is 0 Å². The standard InChI is InChI=1S/C9H9Br2NO2S/c10-5-3-6(15-8(5)11)7(9(13)14)12-4-1-2-4/h3-4,7,12H,1-2H2,(H,13,14). The van der Waals surface area contributed by atoms with Gasteiger partial charge in [-0.1, -0.05) is 0 Å². The van der Waals surface area contributed by atoms with Crippen molar-refractivity contribution in [2.45, 2.75) is 24.9 Å². The van der Waals surface area contributed by atoms with Crippen LogP contribution < -0.4 is 5.32 Å². The van der Waals surface area contributed by atoms with E-state index >= 15 is 0 Å². The number of hydrogen-bond donors (Lipinski definition) is 2. The molecule has 1 aromatic heterocycles. The van der Waals surface area contributed by atoms with Crippen molar-refractivity contribution in [2.24, 2.45) is 0 Å². The van der Waals surface area contributed by atoms with Crippen molar-refractivity contribution < 1.29 is 9.90 Å². The van der Waals surface area contributed by atoms with Gasteiger partial charge in [-0.3, -0.25) is 10.1 Å².